The SMILES string of the molecule is CC(CC(F)Cn1ccc2cc(-c3ncc(C(F)F)cn3)c(F)cc2c1=O)Nc1cn[nH]c(=O)c1C(F)(F)F. The first-order valence-electron chi connectivity index (χ1n) is 11.3. The maximum absolute atomic E-state index is 14.8. The van der Waals surface area contributed by atoms with Gasteiger partial charge in [-0.25, -0.2) is 32.6 Å². The van der Waals surface area contributed by atoms with Gasteiger partial charge >= 0.3 is 6.18 Å². The minimum absolute atomic E-state index is 0.0919. The molecule has 0 amide bonds. The average molecular weight is 556 g/mol. The fourth-order valence-electron chi connectivity index (χ4n) is 4.00. The molecule has 0 bridgehead atoms. The van der Waals surface area contributed by atoms with E-state index in [2.05, 4.69) is 20.4 Å². The number of alkyl halides is 6. The molecule has 3 heterocycles. The van der Waals surface area contributed by atoms with Crippen molar-refractivity contribution in [2.75, 3.05) is 5.32 Å². The van der Waals surface area contributed by atoms with Gasteiger partial charge in [0.05, 0.1) is 34.9 Å². The number of hydrogen-bond acceptors (Lipinski definition) is 6. The van der Waals surface area contributed by atoms with Crippen LogP contribution in [-0.2, 0) is 12.7 Å². The Hall–Kier alpha value is -4.30. The molecule has 0 saturated heterocycles. The molecule has 1 aromatic carbocycles. The van der Waals surface area contributed by atoms with E-state index in [1.165, 1.54) is 25.3 Å². The summed E-state index contributed by atoms with van der Waals surface area (Å²) in [5, 5.41) is 7.63. The highest BCUT2D eigenvalue weighted by Gasteiger charge is 2.37. The van der Waals surface area contributed by atoms with Gasteiger partial charge in [-0.05, 0) is 30.5 Å². The Morgan fingerprint density at radius 2 is 1.77 bits per heavy atom. The lowest BCUT2D eigenvalue weighted by molar-refractivity contribution is -0.138. The zero-order chi connectivity index (χ0) is 28.5. The molecular formula is C24H19F7N6O2. The lowest BCUT2D eigenvalue weighted by Crippen LogP contribution is -2.30. The lowest BCUT2D eigenvalue weighted by atomic mass is 10.1. The van der Waals surface area contributed by atoms with Crippen molar-refractivity contribution in [3.63, 3.8) is 0 Å². The summed E-state index contributed by atoms with van der Waals surface area (Å²) in [6.45, 7) is 0.909. The number of anilines is 1. The van der Waals surface area contributed by atoms with Crippen LogP contribution >= 0.6 is 0 Å². The predicted octanol–water partition coefficient (Wildman–Crippen LogP) is 4.87. The third kappa shape index (κ3) is 6.07. The Balaban J connectivity index is 1.51. The number of aromatic amines is 1. The van der Waals surface area contributed by atoms with Gasteiger partial charge in [0, 0.05) is 31.1 Å². The van der Waals surface area contributed by atoms with E-state index in [4.69, 9.17) is 0 Å². The summed E-state index contributed by atoms with van der Waals surface area (Å²) in [5.41, 5.74) is -4.87. The fraction of sp³-hybridized carbons (Fsp3) is 0.292. The number of nitrogens with one attached hydrogen (secondary N) is 2. The quantitative estimate of drug-likeness (QED) is 0.300. The first kappa shape index (κ1) is 27.7. The van der Waals surface area contributed by atoms with Crippen LogP contribution in [0.15, 0.2) is 52.6 Å². The largest absolute Gasteiger partial charge is 0.423 e. The zero-order valence-electron chi connectivity index (χ0n) is 19.9. The van der Waals surface area contributed by atoms with Crippen molar-refractivity contribution in [2.45, 2.75) is 44.7 Å². The van der Waals surface area contributed by atoms with Gasteiger partial charge in [0.2, 0.25) is 0 Å². The molecule has 206 valence electrons. The van der Waals surface area contributed by atoms with Crippen LogP contribution < -0.4 is 16.4 Å². The third-order valence-electron chi connectivity index (χ3n) is 5.77. The molecule has 4 rings (SSSR count). The van der Waals surface area contributed by atoms with Crippen LogP contribution in [0.25, 0.3) is 22.2 Å². The molecule has 4 aromatic rings. The van der Waals surface area contributed by atoms with E-state index in [9.17, 15) is 40.3 Å². The van der Waals surface area contributed by atoms with Crippen LogP contribution in [0.5, 0.6) is 0 Å². The van der Waals surface area contributed by atoms with Gasteiger partial charge < -0.3 is 9.88 Å². The predicted molar refractivity (Wildman–Crippen MR) is 127 cm³/mol. The summed E-state index contributed by atoms with van der Waals surface area (Å²) in [4.78, 5) is 32.0. The molecule has 0 spiro atoms. The van der Waals surface area contributed by atoms with Crippen LogP contribution in [0.3, 0.4) is 0 Å². The minimum Gasteiger partial charge on any atom is -0.381 e. The highest BCUT2D eigenvalue weighted by Crippen LogP contribution is 2.32. The number of fused-ring (bicyclic) bond motifs is 1. The van der Waals surface area contributed by atoms with Gasteiger partial charge in [-0.1, -0.05) is 0 Å². The third-order valence-corrected chi connectivity index (χ3v) is 5.77. The van der Waals surface area contributed by atoms with Crippen molar-refractivity contribution < 1.29 is 30.7 Å². The van der Waals surface area contributed by atoms with Crippen molar-refractivity contribution in [3.8, 4) is 11.4 Å². The number of hydrogen-bond donors (Lipinski definition) is 2. The second-order valence-corrected chi connectivity index (χ2v) is 8.70. The van der Waals surface area contributed by atoms with Crippen LogP contribution in [0, 0.1) is 5.82 Å². The highest BCUT2D eigenvalue weighted by molar-refractivity contribution is 5.86. The molecule has 3 aromatic heterocycles. The molecule has 0 aliphatic rings. The second kappa shape index (κ2) is 10.8. The molecule has 39 heavy (non-hydrogen) atoms. The molecular weight excluding hydrogens is 537 g/mol. The van der Waals surface area contributed by atoms with Crippen molar-refractivity contribution in [1.82, 2.24) is 24.7 Å². The Bertz CT molecular complexity index is 1600. The molecule has 0 aliphatic heterocycles. The van der Waals surface area contributed by atoms with Crippen LogP contribution in [-0.4, -0.2) is 36.9 Å². The maximum Gasteiger partial charge on any atom is 0.423 e. The van der Waals surface area contributed by atoms with Gasteiger partial charge in [-0.3, -0.25) is 9.59 Å². The van der Waals surface area contributed by atoms with Gasteiger partial charge in [0.25, 0.3) is 17.5 Å². The number of nitrogens with zero attached hydrogens (tertiary/aromatic N) is 4. The average Bonchev–Trinajstić information content (AvgIpc) is 2.85. The van der Waals surface area contributed by atoms with Gasteiger partial charge in [0.1, 0.15) is 17.6 Å². The molecule has 8 nitrogen and oxygen atoms in total. The van der Waals surface area contributed by atoms with Gasteiger partial charge in [-0.15, -0.1) is 0 Å². The van der Waals surface area contributed by atoms with E-state index < -0.39 is 65.1 Å². The Morgan fingerprint density at radius 3 is 2.41 bits per heavy atom. The zero-order valence-corrected chi connectivity index (χ0v) is 19.9. The number of benzene rings is 1. The van der Waals surface area contributed by atoms with Crippen LogP contribution in [0.4, 0.5) is 36.4 Å². The highest BCUT2D eigenvalue weighted by atomic mass is 19.4. The summed E-state index contributed by atoms with van der Waals surface area (Å²) in [7, 11) is 0. The Morgan fingerprint density at radius 1 is 1.08 bits per heavy atom. The first-order chi connectivity index (χ1) is 18.3. The number of rotatable bonds is 8. The molecule has 2 atom stereocenters. The van der Waals surface area contributed by atoms with Gasteiger partial charge in [-0.2, -0.15) is 18.3 Å². The normalized spacial score (nSPS) is 13.6. The summed E-state index contributed by atoms with van der Waals surface area (Å²) >= 11 is 0. The van der Waals surface area contributed by atoms with Crippen molar-refractivity contribution in [1.29, 1.82) is 0 Å². The molecule has 0 radical (unpaired) electrons. The Kier molecular flexibility index (Phi) is 7.70. The number of halogens is 7. The van der Waals surface area contributed by atoms with E-state index >= 15 is 0 Å². The Labute approximate surface area is 214 Å². The van der Waals surface area contributed by atoms with Crippen LogP contribution in [0.1, 0.15) is 30.9 Å². The van der Waals surface area contributed by atoms with Crippen molar-refractivity contribution in [3.05, 3.63) is 80.6 Å². The summed E-state index contributed by atoms with van der Waals surface area (Å²) < 4.78 is 95.7. The number of H-pyrrole nitrogens is 1. The molecule has 0 saturated carbocycles. The smallest absolute Gasteiger partial charge is 0.381 e. The molecule has 15 heteroatoms. The second-order valence-electron chi connectivity index (χ2n) is 8.70. The lowest BCUT2D eigenvalue weighted by Gasteiger charge is -2.20. The summed E-state index contributed by atoms with van der Waals surface area (Å²) in [5.74, 6) is -1.07. The molecule has 2 unspecified atom stereocenters. The minimum atomic E-state index is -4.97. The van der Waals surface area contributed by atoms with Gasteiger partial charge in [0.15, 0.2) is 5.82 Å². The van der Waals surface area contributed by atoms with E-state index in [-0.39, 0.29) is 28.6 Å². The number of pyridine rings is 1. The monoisotopic (exact) mass is 556 g/mol. The van der Waals surface area contributed by atoms with E-state index in [1.54, 1.807) is 5.10 Å². The topological polar surface area (TPSA) is 106 Å². The summed E-state index contributed by atoms with van der Waals surface area (Å²) in [6, 6.07) is 2.70. The first-order valence-corrected chi connectivity index (χ1v) is 11.3. The van der Waals surface area contributed by atoms with E-state index in [0.717, 1.165) is 29.2 Å². The number of aromatic nitrogens is 5. The maximum atomic E-state index is 14.8. The van der Waals surface area contributed by atoms with Crippen molar-refractivity contribution >= 4 is 16.5 Å². The standard InChI is InChI=1S/C24H19F7N6O2/c1-11(35-18-9-34-36-22(38)19(18)24(29,30)31)4-14(25)10-37-3-2-12-5-16(17(26)6-15(12)23(37)39)21-32-7-13(8-33-21)20(27)28/h2-3,5-9,11,14,20H,4,10H2,1H3,(H2,35,36,38). The molecule has 2 N–H and O–H groups in total. The van der Waals surface area contributed by atoms with Crippen LogP contribution in [0.2, 0.25) is 0 Å². The summed E-state index contributed by atoms with van der Waals surface area (Å²) in [6.07, 6.45) is -6.06. The van der Waals surface area contributed by atoms with E-state index in [1.807, 2.05) is 0 Å². The molecule has 0 fully saturated rings. The van der Waals surface area contributed by atoms with Crippen molar-refractivity contribution in [2.24, 2.45) is 0 Å². The molecule has 0 aliphatic carbocycles. The van der Waals surface area contributed by atoms with E-state index in [0.29, 0.717) is 0 Å². The fourth-order valence-corrected chi connectivity index (χ4v) is 4.00.